The van der Waals surface area contributed by atoms with Crippen LogP contribution in [0.25, 0.3) is 0 Å². The highest BCUT2D eigenvalue weighted by atomic mass is 19.1. The number of carbonyl (C=O) groups is 2. The van der Waals surface area contributed by atoms with E-state index in [0.717, 1.165) is 16.7 Å². The molecule has 0 heterocycles. The lowest BCUT2D eigenvalue weighted by molar-refractivity contribution is -0.129. The molecule has 2 aromatic carbocycles. The van der Waals surface area contributed by atoms with Gasteiger partial charge in [0.1, 0.15) is 11.9 Å². The molecule has 2 aromatic rings. The van der Waals surface area contributed by atoms with Gasteiger partial charge in [-0.1, -0.05) is 36.4 Å². The fourth-order valence-corrected chi connectivity index (χ4v) is 2.68. The van der Waals surface area contributed by atoms with Crippen LogP contribution in [-0.2, 0) is 34.0 Å². The molecule has 0 bridgehead atoms. The van der Waals surface area contributed by atoms with Crippen LogP contribution in [0.5, 0.6) is 0 Å². The summed E-state index contributed by atoms with van der Waals surface area (Å²) >= 11 is 0. The highest BCUT2D eigenvalue weighted by molar-refractivity contribution is 5.86. The van der Waals surface area contributed by atoms with Crippen molar-refractivity contribution in [2.24, 2.45) is 0 Å². The fraction of sp³-hybridized carbons (Fsp3) is 0.333. The van der Waals surface area contributed by atoms with Gasteiger partial charge in [-0.3, -0.25) is 9.59 Å². The van der Waals surface area contributed by atoms with Gasteiger partial charge in [-0.15, -0.1) is 0 Å². The Morgan fingerprint density at radius 1 is 1.00 bits per heavy atom. The van der Waals surface area contributed by atoms with E-state index in [1.54, 1.807) is 6.07 Å². The monoisotopic (exact) mass is 387 g/mol. The summed E-state index contributed by atoms with van der Waals surface area (Å²) in [5.41, 5.74) is 2.92. The van der Waals surface area contributed by atoms with Crippen LogP contribution in [0.15, 0.2) is 48.5 Å². The van der Waals surface area contributed by atoms with Crippen molar-refractivity contribution in [3.63, 3.8) is 0 Å². The van der Waals surface area contributed by atoms with Crippen molar-refractivity contribution in [1.29, 1.82) is 0 Å². The Kier molecular flexibility index (Phi) is 8.58. The summed E-state index contributed by atoms with van der Waals surface area (Å²) < 4.78 is 18.1. The lowest BCUT2D eigenvalue weighted by Gasteiger charge is -2.16. The average molecular weight is 387 g/mol. The summed E-state index contributed by atoms with van der Waals surface area (Å²) in [4.78, 5) is 23.3. The zero-order valence-electron chi connectivity index (χ0n) is 16.1. The Bertz CT molecular complexity index is 781. The molecule has 0 aromatic heterocycles. The third kappa shape index (κ3) is 7.46. The summed E-state index contributed by atoms with van der Waals surface area (Å²) in [5.74, 6) is -0.817. The zero-order chi connectivity index (χ0) is 20.4. The van der Waals surface area contributed by atoms with Crippen LogP contribution in [0.1, 0.15) is 23.6 Å². The predicted octanol–water partition coefficient (Wildman–Crippen LogP) is 1.88. The largest absolute Gasteiger partial charge is 0.382 e. The number of halogens is 1. The number of ether oxygens (including phenoxy) is 1. The van der Waals surface area contributed by atoms with E-state index in [1.807, 2.05) is 30.3 Å². The molecule has 6 nitrogen and oxygen atoms in total. The lowest BCUT2D eigenvalue weighted by atomic mass is 10.1. The van der Waals surface area contributed by atoms with Crippen molar-refractivity contribution in [1.82, 2.24) is 16.0 Å². The van der Waals surface area contributed by atoms with Gasteiger partial charge in [-0.25, -0.2) is 4.39 Å². The van der Waals surface area contributed by atoms with Crippen molar-refractivity contribution in [3.05, 3.63) is 71.0 Å². The number of methoxy groups -OCH3 is 1. The minimum Gasteiger partial charge on any atom is -0.382 e. The van der Waals surface area contributed by atoms with Crippen molar-refractivity contribution in [2.45, 2.75) is 32.6 Å². The Hall–Kier alpha value is -2.77. The smallest absolute Gasteiger partial charge is 0.245 e. The van der Waals surface area contributed by atoms with Gasteiger partial charge < -0.3 is 20.7 Å². The number of rotatable bonds is 10. The van der Waals surface area contributed by atoms with Gasteiger partial charge in [0.15, 0.2) is 0 Å². The van der Waals surface area contributed by atoms with E-state index in [9.17, 15) is 14.0 Å². The molecule has 0 saturated carbocycles. The van der Waals surface area contributed by atoms with Gasteiger partial charge in [-0.2, -0.15) is 0 Å². The molecule has 7 heteroatoms. The van der Waals surface area contributed by atoms with E-state index in [0.29, 0.717) is 19.6 Å². The van der Waals surface area contributed by atoms with Crippen LogP contribution in [0, 0.1) is 5.82 Å². The molecule has 2 rings (SSSR count). The van der Waals surface area contributed by atoms with E-state index in [-0.39, 0.29) is 24.2 Å². The molecule has 0 saturated heterocycles. The molecule has 3 N–H and O–H groups in total. The zero-order valence-corrected chi connectivity index (χ0v) is 16.1. The number of amides is 2. The number of nitrogens with one attached hydrogen (secondary N) is 3. The van der Waals surface area contributed by atoms with Crippen LogP contribution >= 0.6 is 0 Å². The normalized spacial score (nSPS) is 11.7. The minimum absolute atomic E-state index is 0.112. The van der Waals surface area contributed by atoms with Crippen LogP contribution in [-0.4, -0.2) is 31.6 Å². The standard InChI is InChI=1S/C21H26FN3O3/c1-15(26)25-20(14-28-2)21(27)24-13-17-8-6-16(7-9-17)11-23-12-18-4-3-5-19(22)10-18/h3-10,20,23H,11-14H2,1-2H3,(H,24,27)(H,25,26). The molecule has 28 heavy (non-hydrogen) atoms. The molecular formula is C21H26FN3O3. The molecule has 0 aliphatic rings. The molecule has 150 valence electrons. The lowest BCUT2D eigenvalue weighted by Crippen LogP contribution is -2.48. The van der Waals surface area contributed by atoms with E-state index >= 15 is 0 Å². The van der Waals surface area contributed by atoms with E-state index in [2.05, 4.69) is 16.0 Å². The third-order valence-electron chi connectivity index (χ3n) is 4.06. The van der Waals surface area contributed by atoms with Gasteiger partial charge >= 0.3 is 0 Å². The fourth-order valence-electron chi connectivity index (χ4n) is 2.68. The minimum atomic E-state index is -0.714. The maximum Gasteiger partial charge on any atom is 0.245 e. The quantitative estimate of drug-likeness (QED) is 0.582. The van der Waals surface area contributed by atoms with Crippen molar-refractivity contribution >= 4 is 11.8 Å². The number of hydrogen-bond acceptors (Lipinski definition) is 4. The average Bonchev–Trinajstić information content (AvgIpc) is 2.66. The highest BCUT2D eigenvalue weighted by Crippen LogP contribution is 2.06. The number of carbonyl (C=O) groups excluding carboxylic acids is 2. The molecule has 2 amide bonds. The van der Waals surface area contributed by atoms with Gasteiger partial charge in [0, 0.05) is 33.7 Å². The van der Waals surface area contributed by atoms with Gasteiger partial charge in [0.25, 0.3) is 0 Å². The molecule has 1 unspecified atom stereocenters. The Balaban J connectivity index is 1.78. The number of benzene rings is 2. The maximum atomic E-state index is 13.2. The highest BCUT2D eigenvalue weighted by Gasteiger charge is 2.18. The van der Waals surface area contributed by atoms with Crippen molar-refractivity contribution < 1.29 is 18.7 Å². The van der Waals surface area contributed by atoms with Crippen LogP contribution in [0.2, 0.25) is 0 Å². The molecule has 0 spiro atoms. The molecule has 0 aliphatic heterocycles. The van der Waals surface area contributed by atoms with Gasteiger partial charge in [0.05, 0.1) is 6.61 Å². The third-order valence-corrected chi connectivity index (χ3v) is 4.06. The van der Waals surface area contributed by atoms with E-state index in [4.69, 9.17) is 4.74 Å². The SMILES string of the molecule is COCC(NC(C)=O)C(=O)NCc1ccc(CNCc2cccc(F)c2)cc1. The van der Waals surface area contributed by atoms with E-state index in [1.165, 1.54) is 26.2 Å². The summed E-state index contributed by atoms with van der Waals surface area (Å²) in [6.45, 7) is 3.06. The Morgan fingerprint density at radius 3 is 2.25 bits per heavy atom. The van der Waals surface area contributed by atoms with Crippen molar-refractivity contribution in [2.75, 3.05) is 13.7 Å². The predicted molar refractivity (Wildman–Crippen MR) is 105 cm³/mol. The summed E-state index contributed by atoms with van der Waals surface area (Å²) in [7, 11) is 1.48. The summed E-state index contributed by atoms with van der Waals surface area (Å²) in [6.07, 6.45) is 0. The Morgan fingerprint density at radius 2 is 1.64 bits per heavy atom. The first-order valence-corrected chi connectivity index (χ1v) is 9.04. The number of hydrogen-bond donors (Lipinski definition) is 3. The first-order valence-electron chi connectivity index (χ1n) is 9.04. The topological polar surface area (TPSA) is 79.5 Å². The first kappa shape index (κ1) is 21.5. The van der Waals surface area contributed by atoms with Crippen LogP contribution in [0.4, 0.5) is 4.39 Å². The van der Waals surface area contributed by atoms with Crippen LogP contribution in [0.3, 0.4) is 0 Å². The Labute approximate surface area is 164 Å². The van der Waals surface area contributed by atoms with E-state index < -0.39 is 6.04 Å². The molecule has 0 radical (unpaired) electrons. The van der Waals surface area contributed by atoms with Gasteiger partial charge in [0.2, 0.25) is 11.8 Å². The summed E-state index contributed by atoms with van der Waals surface area (Å²) in [5, 5.41) is 8.62. The molecule has 0 aliphatic carbocycles. The first-order chi connectivity index (χ1) is 13.5. The second kappa shape index (κ2) is 11.2. The van der Waals surface area contributed by atoms with Gasteiger partial charge in [-0.05, 0) is 28.8 Å². The van der Waals surface area contributed by atoms with Crippen LogP contribution < -0.4 is 16.0 Å². The molecular weight excluding hydrogens is 361 g/mol. The maximum absolute atomic E-state index is 13.2. The van der Waals surface area contributed by atoms with Crippen molar-refractivity contribution in [3.8, 4) is 0 Å². The molecule has 0 fully saturated rings. The molecule has 1 atom stereocenters. The second-order valence-electron chi connectivity index (χ2n) is 6.48. The summed E-state index contributed by atoms with van der Waals surface area (Å²) in [6, 6.07) is 13.6. The second-order valence-corrected chi connectivity index (χ2v) is 6.48.